The molecule has 27 heavy (non-hydrogen) atoms. The molecule has 0 fully saturated rings. The van der Waals surface area contributed by atoms with E-state index >= 15 is 0 Å². The Balaban J connectivity index is 2.84. The lowest BCUT2D eigenvalue weighted by molar-refractivity contribution is -0.133. The van der Waals surface area contributed by atoms with Crippen LogP contribution in [0.25, 0.3) is 0 Å². The Kier molecular flexibility index (Phi) is 8.76. The minimum atomic E-state index is -0.584. The molecule has 0 aliphatic rings. The van der Waals surface area contributed by atoms with Crippen molar-refractivity contribution in [2.45, 2.75) is 53.6 Å². The van der Waals surface area contributed by atoms with E-state index in [1.165, 1.54) is 0 Å². The molecule has 1 aromatic carbocycles. The van der Waals surface area contributed by atoms with Gasteiger partial charge in [-0.15, -0.1) is 0 Å². The second kappa shape index (κ2) is 10.3. The second-order valence-electron chi connectivity index (χ2n) is 7.70. The molecular formula is C21H35N3O3. The molecule has 2 N–H and O–H groups in total. The summed E-state index contributed by atoms with van der Waals surface area (Å²) < 4.78 is 5.34. The maximum atomic E-state index is 12.5. The summed E-state index contributed by atoms with van der Waals surface area (Å²) in [5.41, 5.74) is 0.559. The molecule has 6 heteroatoms. The fourth-order valence-corrected chi connectivity index (χ4v) is 2.80. The van der Waals surface area contributed by atoms with Gasteiger partial charge in [-0.2, -0.15) is 0 Å². The quantitative estimate of drug-likeness (QED) is 0.694. The summed E-state index contributed by atoms with van der Waals surface area (Å²) >= 11 is 0. The Hall–Kier alpha value is -2.08. The van der Waals surface area contributed by atoms with Crippen molar-refractivity contribution < 1.29 is 14.3 Å². The van der Waals surface area contributed by atoms with Gasteiger partial charge in [-0.3, -0.25) is 14.5 Å². The van der Waals surface area contributed by atoms with E-state index in [1.807, 2.05) is 45.0 Å². The van der Waals surface area contributed by atoms with Crippen LogP contribution in [-0.2, 0) is 9.59 Å². The molecule has 0 spiro atoms. The fourth-order valence-electron chi connectivity index (χ4n) is 2.80. The lowest BCUT2D eigenvalue weighted by Crippen LogP contribution is -2.49. The van der Waals surface area contributed by atoms with E-state index < -0.39 is 11.5 Å². The van der Waals surface area contributed by atoms with E-state index in [-0.39, 0.29) is 17.9 Å². The first-order valence-electron chi connectivity index (χ1n) is 9.60. The number of likely N-dealkylation sites (N-methyl/N-ethyl adjacent to an activating group) is 1. The van der Waals surface area contributed by atoms with Crippen LogP contribution in [0.1, 0.15) is 53.1 Å². The third-order valence-corrected chi connectivity index (χ3v) is 4.62. The number of benzene rings is 1. The molecule has 1 rings (SSSR count). The number of hydrogen-bond donors (Lipinski definition) is 2. The van der Waals surface area contributed by atoms with Crippen molar-refractivity contribution in [1.82, 2.24) is 15.5 Å². The molecule has 0 radical (unpaired) electrons. The van der Waals surface area contributed by atoms with Crippen LogP contribution in [0.3, 0.4) is 0 Å². The van der Waals surface area contributed by atoms with Crippen LogP contribution in [0.4, 0.5) is 0 Å². The number of carbonyl (C=O) groups is 2. The topological polar surface area (TPSA) is 70.7 Å². The maximum Gasteiger partial charge on any atom is 0.242 e. The highest BCUT2D eigenvalue weighted by atomic mass is 16.5. The van der Waals surface area contributed by atoms with Gasteiger partial charge in [0.2, 0.25) is 11.8 Å². The van der Waals surface area contributed by atoms with E-state index in [2.05, 4.69) is 29.4 Å². The number of hydrogen-bond acceptors (Lipinski definition) is 4. The van der Waals surface area contributed by atoms with Gasteiger partial charge in [0.1, 0.15) is 11.8 Å². The van der Waals surface area contributed by atoms with Crippen molar-refractivity contribution in [3.8, 4) is 5.75 Å². The van der Waals surface area contributed by atoms with Gasteiger partial charge in [0.15, 0.2) is 0 Å². The van der Waals surface area contributed by atoms with Crippen LogP contribution in [0, 0.1) is 5.41 Å². The molecule has 0 saturated heterocycles. The predicted molar refractivity (Wildman–Crippen MR) is 109 cm³/mol. The maximum absolute atomic E-state index is 12.5. The van der Waals surface area contributed by atoms with Gasteiger partial charge in [0.05, 0.1) is 13.2 Å². The third kappa shape index (κ3) is 6.86. The average molecular weight is 378 g/mol. The Bertz CT molecular complexity index is 621. The van der Waals surface area contributed by atoms with Crippen molar-refractivity contribution in [2.75, 3.05) is 26.7 Å². The lowest BCUT2D eigenvalue weighted by Gasteiger charge is -2.31. The largest absolute Gasteiger partial charge is 0.497 e. The average Bonchev–Trinajstić information content (AvgIpc) is 2.63. The van der Waals surface area contributed by atoms with E-state index in [0.717, 1.165) is 24.4 Å². The fraction of sp³-hybridized carbons (Fsp3) is 0.619. The smallest absolute Gasteiger partial charge is 0.242 e. The number of nitrogens with one attached hydrogen (secondary N) is 2. The molecular weight excluding hydrogens is 342 g/mol. The molecule has 152 valence electrons. The summed E-state index contributed by atoms with van der Waals surface area (Å²) in [6, 6.07) is 7.36. The summed E-state index contributed by atoms with van der Waals surface area (Å²) in [4.78, 5) is 26.9. The van der Waals surface area contributed by atoms with E-state index in [4.69, 9.17) is 4.74 Å². The van der Waals surface area contributed by atoms with E-state index in [1.54, 1.807) is 14.0 Å². The number of rotatable bonds is 9. The highest BCUT2D eigenvalue weighted by molar-refractivity contribution is 5.89. The number of amides is 2. The van der Waals surface area contributed by atoms with Crippen LogP contribution in [0.5, 0.6) is 5.75 Å². The Morgan fingerprint density at radius 3 is 2.33 bits per heavy atom. The molecule has 0 heterocycles. The molecule has 1 aromatic rings. The van der Waals surface area contributed by atoms with Crippen molar-refractivity contribution in [3.63, 3.8) is 0 Å². The van der Waals surface area contributed by atoms with Crippen LogP contribution in [0.15, 0.2) is 24.3 Å². The highest BCUT2D eigenvalue weighted by Crippen LogP contribution is 2.23. The minimum Gasteiger partial charge on any atom is -0.497 e. The highest BCUT2D eigenvalue weighted by Gasteiger charge is 2.26. The van der Waals surface area contributed by atoms with Crippen molar-refractivity contribution >= 4 is 11.8 Å². The zero-order valence-electron chi connectivity index (χ0n) is 17.8. The number of carbonyl (C=O) groups excluding carboxylic acids is 2. The molecule has 2 atom stereocenters. The summed E-state index contributed by atoms with van der Waals surface area (Å²) in [6.45, 7) is 13.6. The van der Waals surface area contributed by atoms with Gasteiger partial charge < -0.3 is 15.4 Å². The second-order valence-corrected chi connectivity index (χ2v) is 7.70. The summed E-state index contributed by atoms with van der Waals surface area (Å²) in [6.07, 6.45) is 0. The van der Waals surface area contributed by atoms with E-state index in [0.29, 0.717) is 6.54 Å². The Morgan fingerprint density at radius 1 is 1.19 bits per heavy atom. The molecule has 0 aliphatic carbocycles. The van der Waals surface area contributed by atoms with Gasteiger partial charge in [-0.05, 0) is 37.7 Å². The van der Waals surface area contributed by atoms with Gasteiger partial charge >= 0.3 is 0 Å². The Labute approximate surface area is 163 Å². The van der Waals surface area contributed by atoms with Crippen LogP contribution < -0.4 is 15.4 Å². The van der Waals surface area contributed by atoms with Gasteiger partial charge in [-0.1, -0.05) is 46.8 Å². The first-order chi connectivity index (χ1) is 12.6. The Morgan fingerprint density at radius 2 is 1.81 bits per heavy atom. The van der Waals surface area contributed by atoms with Crippen LogP contribution >= 0.6 is 0 Å². The molecule has 0 aliphatic heterocycles. The van der Waals surface area contributed by atoms with Gasteiger partial charge in [0, 0.05) is 12.0 Å². The lowest BCUT2D eigenvalue weighted by atomic mass is 9.95. The normalized spacial score (nSPS) is 13.8. The summed E-state index contributed by atoms with van der Waals surface area (Å²) in [7, 11) is 1.65. The monoisotopic (exact) mass is 377 g/mol. The van der Waals surface area contributed by atoms with Gasteiger partial charge in [0.25, 0.3) is 0 Å². The molecule has 0 saturated carbocycles. The van der Waals surface area contributed by atoms with Crippen LogP contribution in [0.2, 0.25) is 0 Å². The van der Waals surface area contributed by atoms with Crippen LogP contribution in [-0.4, -0.2) is 49.5 Å². The molecule has 2 amide bonds. The first-order valence-corrected chi connectivity index (χ1v) is 9.60. The van der Waals surface area contributed by atoms with Gasteiger partial charge in [-0.25, -0.2) is 0 Å². The van der Waals surface area contributed by atoms with Crippen molar-refractivity contribution in [3.05, 3.63) is 29.8 Å². The molecule has 2 unspecified atom stereocenters. The third-order valence-electron chi connectivity index (χ3n) is 4.62. The van der Waals surface area contributed by atoms with E-state index in [9.17, 15) is 9.59 Å². The molecule has 0 aromatic heterocycles. The van der Waals surface area contributed by atoms with Crippen molar-refractivity contribution in [2.24, 2.45) is 5.41 Å². The zero-order valence-corrected chi connectivity index (χ0v) is 17.8. The minimum absolute atomic E-state index is 0.0320. The predicted octanol–water partition coefficient (Wildman–Crippen LogP) is 2.75. The van der Waals surface area contributed by atoms with Crippen molar-refractivity contribution in [1.29, 1.82) is 0 Å². The number of methoxy groups -OCH3 is 1. The number of nitrogens with zero attached hydrogens (tertiary/aromatic N) is 1. The standard InChI is InChI=1S/C21H35N3O3/c1-8-24(9-2)18(16-11-10-12-17(13-16)27-7)14-22-19(25)15(3)23-20(26)21(4,5)6/h10-13,15,18H,8-9,14H2,1-7H3,(H,22,25)(H,23,26). The zero-order chi connectivity index (χ0) is 20.6. The summed E-state index contributed by atoms with van der Waals surface area (Å²) in [5, 5.41) is 5.76. The summed E-state index contributed by atoms with van der Waals surface area (Å²) in [5.74, 6) is 0.465. The molecule has 0 bridgehead atoms. The SMILES string of the molecule is CCN(CC)C(CNC(=O)C(C)NC(=O)C(C)(C)C)c1cccc(OC)c1. The molecule has 6 nitrogen and oxygen atoms in total. The first kappa shape index (κ1) is 23.0. The number of ether oxygens (including phenoxy) is 1.